The van der Waals surface area contributed by atoms with Crippen molar-refractivity contribution in [2.24, 2.45) is 0 Å². The van der Waals surface area contributed by atoms with E-state index in [9.17, 15) is 0 Å². The number of aromatic nitrogens is 3. The molecular weight excluding hydrogens is 140 g/mol. The molecule has 0 radical (unpaired) electrons. The van der Waals surface area contributed by atoms with E-state index in [0.29, 0.717) is 0 Å². The van der Waals surface area contributed by atoms with Crippen LogP contribution in [0.15, 0.2) is 0 Å². The molecule has 2 heterocycles. The number of aryl methyl sites for hydroxylation is 1. The van der Waals surface area contributed by atoms with E-state index in [1.165, 1.54) is 6.42 Å². The number of aromatic amines is 1. The Labute approximate surface area is 65.6 Å². The average Bonchev–Trinajstić information content (AvgIpc) is 2.50. The lowest BCUT2D eigenvalue weighted by molar-refractivity contribution is 0.693. The molecule has 60 valence electrons. The number of hydrogen-bond donors (Lipinski definition) is 1. The van der Waals surface area contributed by atoms with Gasteiger partial charge in [0.05, 0.1) is 0 Å². The average molecular weight is 152 g/mol. The Morgan fingerprint density at radius 2 is 2.45 bits per heavy atom. The SMILES string of the molecule is CCN1CCCc2n[nH]nc21. The second-order valence-electron chi connectivity index (χ2n) is 2.78. The predicted octanol–water partition coefficient (Wildman–Crippen LogP) is 0.577. The lowest BCUT2D eigenvalue weighted by atomic mass is 10.1. The Morgan fingerprint density at radius 3 is 3.27 bits per heavy atom. The van der Waals surface area contributed by atoms with Gasteiger partial charge in [-0.25, -0.2) is 0 Å². The summed E-state index contributed by atoms with van der Waals surface area (Å²) in [5, 5.41) is 10.8. The summed E-state index contributed by atoms with van der Waals surface area (Å²) >= 11 is 0. The van der Waals surface area contributed by atoms with Gasteiger partial charge in [0.1, 0.15) is 5.69 Å². The number of anilines is 1. The first kappa shape index (κ1) is 6.64. The molecule has 0 saturated heterocycles. The summed E-state index contributed by atoms with van der Waals surface area (Å²) < 4.78 is 0. The quantitative estimate of drug-likeness (QED) is 0.640. The number of H-pyrrole nitrogens is 1. The lowest BCUT2D eigenvalue weighted by Gasteiger charge is -2.24. The van der Waals surface area contributed by atoms with E-state index in [1.807, 2.05) is 0 Å². The van der Waals surface area contributed by atoms with Gasteiger partial charge in [0.2, 0.25) is 0 Å². The van der Waals surface area contributed by atoms with Crippen LogP contribution in [0.5, 0.6) is 0 Å². The zero-order chi connectivity index (χ0) is 7.68. The molecule has 0 amide bonds. The molecule has 4 heteroatoms. The second kappa shape index (κ2) is 2.53. The van der Waals surface area contributed by atoms with Crippen LogP contribution in [-0.2, 0) is 6.42 Å². The molecule has 4 nitrogen and oxygen atoms in total. The van der Waals surface area contributed by atoms with Gasteiger partial charge in [0, 0.05) is 13.1 Å². The van der Waals surface area contributed by atoms with Crippen molar-refractivity contribution in [3.63, 3.8) is 0 Å². The maximum Gasteiger partial charge on any atom is 0.174 e. The highest BCUT2D eigenvalue weighted by atomic mass is 15.4. The second-order valence-corrected chi connectivity index (χ2v) is 2.78. The van der Waals surface area contributed by atoms with E-state index >= 15 is 0 Å². The summed E-state index contributed by atoms with van der Waals surface area (Å²) in [6.45, 7) is 4.29. The molecule has 0 unspecified atom stereocenters. The van der Waals surface area contributed by atoms with E-state index < -0.39 is 0 Å². The van der Waals surface area contributed by atoms with Crippen LogP contribution in [0.2, 0.25) is 0 Å². The molecule has 1 aliphatic heterocycles. The fourth-order valence-electron chi connectivity index (χ4n) is 1.52. The van der Waals surface area contributed by atoms with Crippen molar-refractivity contribution in [3.05, 3.63) is 5.69 Å². The summed E-state index contributed by atoms with van der Waals surface area (Å²) in [5.74, 6) is 1.05. The minimum Gasteiger partial charge on any atom is -0.354 e. The molecule has 1 aliphatic rings. The van der Waals surface area contributed by atoms with Crippen LogP contribution < -0.4 is 4.90 Å². The molecule has 0 saturated carbocycles. The number of rotatable bonds is 1. The Morgan fingerprint density at radius 1 is 1.55 bits per heavy atom. The standard InChI is InChI=1S/C7H12N4/c1-2-11-5-3-4-6-7(11)9-10-8-6/h2-5H2,1H3,(H,8,9,10). The minimum absolute atomic E-state index is 1.03. The van der Waals surface area contributed by atoms with Gasteiger partial charge in [-0.3, -0.25) is 0 Å². The molecule has 0 aromatic carbocycles. The van der Waals surface area contributed by atoms with E-state index in [4.69, 9.17) is 0 Å². The summed E-state index contributed by atoms with van der Waals surface area (Å²) in [7, 11) is 0. The fourth-order valence-corrected chi connectivity index (χ4v) is 1.52. The van der Waals surface area contributed by atoms with Crippen LogP contribution in [0.25, 0.3) is 0 Å². The van der Waals surface area contributed by atoms with Crippen LogP contribution in [0.4, 0.5) is 5.82 Å². The molecule has 0 bridgehead atoms. The van der Waals surface area contributed by atoms with E-state index in [1.54, 1.807) is 0 Å². The molecule has 0 aliphatic carbocycles. The van der Waals surface area contributed by atoms with Crippen LogP contribution in [0.3, 0.4) is 0 Å². The smallest absolute Gasteiger partial charge is 0.174 e. The van der Waals surface area contributed by atoms with Crippen LogP contribution in [-0.4, -0.2) is 28.5 Å². The Bertz CT molecular complexity index is 242. The molecular formula is C7H12N4. The fraction of sp³-hybridized carbons (Fsp3) is 0.714. The highest BCUT2D eigenvalue weighted by Crippen LogP contribution is 2.20. The van der Waals surface area contributed by atoms with Crippen molar-refractivity contribution in [3.8, 4) is 0 Å². The third-order valence-electron chi connectivity index (χ3n) is 2.12. The number of nitrogens with zero attached hydrogens (tertiary/aromatic N) is 3. The molecule has 1 N–H and O–H groups in total. The van der Waals surface area contributed by atoms with Crippen molar-refractivity contribution in [1.29, 1.82) is 0 Å². The molecule has 2 rings (SSSR count). The molecule has 0 fully saturated rings. The first-order chi connectivity index (χ1) is 5.42. The van der Waals surface area contributed by atoms with Gasteiger partial charge < -0.3 is 4.90 Å². The van der Waals surface area contributed by atoms with Gasteiger partial charge in [-0.05, 0) is 19.8 Å². The Hall–Kier alpha value is -1.06. The van der Waals surface area contributed by atoms with Crippen molar-refractivity contribution in [2.45, 2.75) is 19.8 Å². The first-order valence-corrected chi connectivity index (χ1v) is 4.06. The summed E-state index contributed by atoms with van der Waals surface area (Å²) in [4.78, 5) is 2.25. The van der Waals surface area contributed by atoms with Crippen LogP contribution in [0.1, 0.15) is 19.0 Å². The summed E-state index contributed by atoms with van der Waals surface area (Å²) in [6, 6.07) is 0. The van der Waals surface area contributed by atoms with Gasteiger partial charge in [0.15, 0.2) is 5.82 Å². The van der Waals surface area contributed by atoms with Crippen LogP contribution >= 0.6 is 0 Å². The van der Waals surface area contributed by atoms with Crippen molar-refractivity contribution in [2.75, 3.05) is 18.0 Å². The van der Waals surface area contributed by atoms with Gasteiger partial charge in [-0.2, -0.15) is 10.3 Å². The van der Waals surface area contributed by atoms with E-state index in [2.05, 4.69) is 27.2 Å². The van der Waals surface area contributed by atoms with Gasteiger partial charge >= 0.3 is 0 Å². The van der Waals surface area contributed by atoms with Crippen molar-refractivity contribution < 1.29 is 0 Å². The molecule has 1 aromatic heterocycles. The zero-order valence-corrected chi connectivity index (χ0v) is 6.67. The van der Waals surface area contributed by atoms with Gasteiger partial charge in [0.25, 0.3) is 0 Å². The predicted molar refractivity (Wildman–Crippen MR) is 42.6 cm³/mol. The van der Waals surface area contributed by atoms with E-state index in [0.717, 1.165) is 31.0 Å². The molecule has 1 aromatic rings. The largest absolute Gasteiger partial charge is 0.354 e. The number of fused-ring (bicyclic) bond motifs is 1. The first-order valence-electron chi connectivity index (χ1n) is 4.06. The summed E-state index contributed by atoms with van der Waals surface area (Å²) in [6.07, 6.45) is 2.27. The van der Waals surface area contributed by atoms with Crippen molar-refractivity contribution in [1.82, 2.24) is 15.4 Å². The third kappa shape index (κ3) is 0.982. The number of nitrogens with one attached hydrogen (secondary N) is 1. The zero-order valence-electron chi connectivity index (χ0n) is 6.67. The lowest BCUT2D eigenvalue weighted by Crippen LogP contribution is -2.28. The third-order valence-corrected chi connectivity index (χ3v) is 2.12. The Balaban J connectivity index is 2.32. The van der Waals surface area contributed by atoms with Crippen molar-refractivity contribution >= 4 is 5.82 Å². The normalized spacial score (nSPS) is 16.6. The molecule has 0 spiro atoms. The van der Waals surface area contributed by atoms with E-state index in [-0.39, 0.29) is 0 Å². The molecule has 0 atom stereocenters. The highest BCUT2D eigenvalue weighted by molar-refractivity contribution is 5.44. The maximum atomic E-state index is 4.10. The Kier molecular flexibility index (Phi) is 1.52. The number of hydrogen-bond acceptors (Lipinski definition) is 3. The monoisotopic (exact) mass is 152 g/mol. The molecule has 11 heavy (non-hydrogen) atoms. The summed E-state index contributed by atoms with van der Waals surface area (Å²) in [5.41, 5.74) is 1.12. The topological polar surface area (TPSA) is 44.8 Å². The van der Waals surface area contributed by atoms with Gasteiger partial charge in [-0.15, -0.1) is 5.10 Å². The minimum atomic E-state index is 1.03. The van der Waals surface area contributed by atoms with Crippen LogP contribution in [0, 0.1) is 0 Å². The van der Waals surface area contributed by atoms with Gasteiger partial charge in [-0.1, -0.05) is 0 Å². The maximum absolute atomic E-state index is 4.10. The highest BCUT2D eigenvalue weighted by Gasteiger charge is 2.18.